The molecule has 0 unspecified atom stereocenters. The molecule has 0 bridgehead atoms. The number of allylic oxidation sites excluding steroid dienone is 1. The zero-order valence-electron chi connectivity index (χ0n) is 9.74. The van der Waals surface area contributed by atoms with E-state index in [0.29, 0.717) is 9.50 Å². The highest BCUT2D eigenvalue weighted by molar-refractivity contribution is 9.10. The van der Waals surface area contributed by atoms with Crippen molar-refractivity contribution >= 4 is 39.4 Å². The molecule has 0 spiro atoms. The number of rotatable bonds is 3. The van der Waals surface area contributed by atoms with Crippen LogP contribution in [0.25, 0.3) is 6.08 Å². The van der Waals surface area contributed by atoms with E-state index < -0.39 is 5.82 Å². The second-order valence-corrected chi connectivity index (χ2v) is 5.23. The molecule has 0 saturated heterocycles. The van der Waals surface area contributed by atoms with E-state index in [1.165, 1.54) is 18.2 Å². The van der Waals surface area contributed by atoms with Gasteiger partial charge in [-0.1, -0.05) is 45.7 Å². The molecular weight excluding hydrogens is 331 g/mol. The Morgan fingerprint density at radius 1 is 1.16 bits per heavy atom. The van der Waals surface area contributed by atoms with Crippen LogP contribution in [0.15, 0.2) is 53.0 Å². The summed E-state index contributed by atoms with van der Waals surface area (Å²) in [6, 6.07) is 11.4. The van der Waals surface area contributed by atoms with Crippen molar-refractivity contribution in [2.24, 2.45) is 0 Å². The molecule has 0 radical (unpaired) electrons. The lowest BCUT2D eigenvalue weighted by atomic mass is 10.1. The molecule has 0 N–H and O–H groups in total. The molecule has 2 aromatic carbocycles. The minimum atomic E-state index is -0.542. The van der Waals surface area contributed by atoms with Gasteiger partial charge in [-0.2, -0.15) is 0 Å². The molecule has 4 heteroatoms. The molecule has 0 fully saturated rings. The molecule has 0 atom stereocenters. The van der Waals surface area contributed by atoms with Crippen molar-refractivity contribution in [3.05, 3.63) is 75.0 Å². The average Bonchev–Trinajstić information content (AvgIpc) is 2.37. The Bertz CT molecular complexity index is 635. The minimum absolute atomic E-state index is 0.0495. The molecular formula is C15H9BrClFO. The Hall–Kier alpha value is -1.45. The molecule has 0 amide bonds. The third kappa shape index (κ3) is 3.75. The predicted octanol–water partition coefficient (Wildman–Crippen LogP) is 5.14. The standard InChI is InChI=1S/C15H9BrClFO/c16-11-4-7-13(14(18)9-11)15(19)8-3-10-1-5-12(17)6-2-10/h1-9H/b8-3+. The van der Waals surface area contributed by atoms with E-state index in [0.717, 1.165) is 5.56 Å². The SMILES string of the molecule is O=C(/C=C/c1ccc(Cl)cc1)c1ccc(Br)cc1F. The van der Waals surface area contributed by atoms with Gasteiger partial charge in [-0.15, -0.1) is 0 Å². The molecule has 2 rings (SSSR count). The third-order valence-corrected chi connectivity index (χ3v) is 3.24. The quantitative estimate of drug-likeness (QED) is 0.559. The maximum absolute atomic E-state index is 13.6. The molecule has 0 aromatic heterocycles. The summed E-state index contributed by atoms with van der Waals surface area (Å²) < 4.78 is 14.2. The third-order valence-electron chi connectivity index (χ3n) is 2.49. The first-order chi connectivity index (χ1) is 9.06. The number of benzene rings is 2. The van der Waals surface area contributed by atoms with Gasteiger partial charge < -0.3 is 0 Å². The van der Waals surface area contributed by atoms with Gasteiger partial charge in [0.2, 0.25) is 0 Å². The van der Waals surface area contributed by atoms with Crippen molar-refractivity contribution in [1.82, 2.24) is 0 Å². The van der Waals surface area contributed by atoms with Crippen molar-refractivity contribution in [1.29, 1.82) is 0 Å². The summed E-state index contributed by atoms with van der Waals surface area (Å²) in [6.45, 7) is 0. The summed E-state index contributed by atoms with van der Waals surface area (Å²) in [5.41, 5.74) is 0.878. The van der Waals surface area contributed by atoms with Crippen molar-refractivity contribution in [3.8, 4) is 0 Å². The monoisotopic (exact) mass is 338 g/mol. The lowest BCUT2D eigenvalue weighted by Crippen LogP contribution is -1.98. The van der Waals surface area contributed by atoms with E-state index >= 15 is 0 Å². The summed E-state index contributed by atoms with van der Waals surface area (Å²) in [5.74, 6) is -0.917. The predicted molar refractivity (Wildman–Crippen MR) is 78.9 cm³/mol. The van der Waals surface area contributed by atoms with Crippen molar-refractivity contribution < 1.29 is 9.18 Å². The first kappa shape index (κ1) is 14.0. The van der Waals surface area contributed by atoms with Crippen molar-refractivity contribution in [2.45, 2.75) is 0 Å². The fraction of sp³-hybridized carbons (Fsp3) is 0. The fourth-order valence-corrected chi connectivity index (χ4v) is 1.98. The van der Waals surface area contributed by atoms with Crippen LogP contribution in [-0.2, 0) is 0 Å². The van der Waals surface area contributed by atoms with Gasteiger partial charge in [-0.05, 0) is 42.0 Å². The minimum Gasteiger partial charge on any atom is -0.289 e. The average molecular weight is 340 g/mol. The van der Waals surface area contributed by atoms with E-state index in [1.54, 1.807) is 36.4 Å². The molecule has 19 heavy (non-hydrogen) atoms. The van der Waals surface area contributed by atoms with Crippen LogP contribution in [0.4, 0.5) is 4.39 Å². The molecule has 0 heterocycles. The van der Waals surface area contributed by atoms with Gasteiger partial charge in [0, 0.05) is 9.50 Å². The first-order valence-corrected chi connectivity index (χ1v) is 6.66. The highest BCUT2D eigenvalue weighted by atomic mass is 79.9. The maximum atomic E-state index is 13.6. The largest absolute Gasteiger partial charge is 0.289 e. The van der Waals surface area contributed by atoms with Crippen LogP contribution in [0.2, 0.25) is 5.02 Å². The molecule has 96 valence electrons. The Morgan fingerprint density at radius 2 is 1.84 bits per heavy atom. The Labute approximate surface area is 123 Å². The molecule has 0 saturated carbocycles. The summed E-state index contributed by atoms with van der Waals surface area (Å²) >= 11 is 8.91. The molecule has 0 aliphatic rings. The van der Waals surface area contributed by atoms with Crippen LogP contribution in [-0.4, -0.2) is 5.78 Å². The van der Waals surface area contributed by atoms with Gasteiger partial charge >= 0.3 is 0 Å². The topological polar surface area (TPSA) is 17.1 Å². The number of halogens is 3. The van der Waals surface area contributed by atoms with Gasteiger partial charge in [0.1, 0.15) is 5.82 Å². The highest BCUT2D eigenvalue weighted by Gasteiger charge is 2.08. The van der Waals surface area contributed by atoms with E-state index in [1.807, 2.05) is 0 Å². The van der Waals surface area contributed by atoms with E-state index in [2.05, 4.69) is 15.9 Å². The van der Waals surface area contributed by atoms with E-state index in [4.69, 9.17) is 11.6 Å². The van der Waals surface area contributed by atoms with Crippen LogP contribution in [0.5, 0.6) is 0 Å². The van der Waals surface area contributed by atoms with E-state index in [-0.39, 0.29) is 11.3 Å². The zero-order valence-corrected chi connectivity index (χ0v) is 12.1. The second-order valence-electron chi connectivity index (χ2n) is 3.87. The molecule has 2 aromatic rings. The number of carbonyl (C=O) groups is 1. The number of hydrogen-bond acceptors (Lipinski definition) is 1. The van der Waals surface area contributed by atoms with Crippen LogP contribution in [0, 0.1) is 5.82 Å². The lowest BCUT2D eigenvalue weighted by molar-refractivity contribution is 0.104. The van der Waals surface area contributed by atoms with Crippen molar-refractivity contribution in [3.63, 3.8) is 0 Å². The summed E-state index contributed by atoms with van der Waals surface area (Å²) in [7, 11) is 0. The molecule has 1 nitrogen and oxygen atoms in total. The van der Waals surface area contributed by atoms with Gasteiger partial charge in [0.05, 0.1) is 5.56 Å². The number of ketones is 1. The van der Waals surface area contributed by atoms with E-state index in [9.17, 15) is 9.18 Å². The summed E-state index contributed by atoms with van der Waals surface area (Å²) in [4.78, 5) is 11.8. The molecule has 0 aliphatic heterocycles. The fourth-order valence-electron chi connectivity index (χ4n) is 1.52. The zero-order chi connectivity index (χ0) is 13.8. The van der Waals surface area contributed by atoms with Gasteiger partial charge in [-0.25, -0.2) is 4.39 Å². The number of hydrogen-bond donors (Lipinski definition) is 0. The first-order valence-electron chi connectivity index (χ1n) is 5.49. The summed E-state index contributed by atoms with van der Waals surface area (Å²) in [6.07, 6.45) is 2.97. The second kappa shape index (κ2) is 6.13. The maximum Gasteiger partial charge on any atom is 0.188 e. The Morgan fingerprint density at radius 3 is 2.47 bits per heavy atom. The lowest BCUT2D eigenvalue weighted by Gasteiger charge is -1.99. The molecule has 0 aliphatic carbocycles. The van der Waals surface area contributed by atoms with Gasteiger partial charge in [0.15, 0.2) is 5.78 Å². The van der Waals surface area contributed by atoms with Crippen LogP contribution >= 0.6 is 27.5 Å². The van der Waals surface area contributed by atoms with Crippen LogP contribution in [0.1, 0.15) is 15.9 Å². The summed E-state index contributed by atoms with van der Waals surface area (Å²) in [5, 5.41) is 0.627. The van der Waals surface area contributed by atoms with Crippen molar-refractivity contribution in [2.75, 3.05) is 0 Å². The van der Waals surface area contributed by atoms with Gasteiger partial charge in [-0.3, -0.25) is 4.79 Å². The van der Waals surface area contributed by atoms with Gasteiger partial charge in [0.25, 0.3) is 0 Å². The Kier molecular flexibility index (Phi) is 4.51. The normalized spacial score (nSPS) is 10.9. The highest BCUT2D eigenvalue weighted by Crippen LogP contribution is 2.17. The Balaban J connectivity index is 2.18. The van der Waals surface area contributed by atoms with Crippen LogP contribution < -0.4 is 0 Å². The van der Waals surface area contributed by atoms with Crippen LogP contribution in [0.3, 0.4) is 0 Å². The smallest absolute Gasteiger partial charge is 0.188 e. The number of carbonyl (C=O) groups excluding carboxylic acids is 1.